The Morgan fingerprint density at radius 3 is 2.46 bits per heavy atom. The Morgan fingerprint density at radius 1 is 1.14 bits per heavy atom. The van der Waals surface area contributed by atoms with E-state index in [1.54, 1.807) is 0 Å². The van der Waals surface area contributed by atoms with Gasteiger partial charge in [-0.15, -0.1) is 0 Å². The number of hydrogen-bond acceptors (Lipinski definition) is 4. The molecular formula is C17H15F5N4O2. The van der Waals surface area contributed by atoms with Gasteiger partial charge in [0, 0.05) is 11.3 Å². The zero-order chi connectivity index (χ0) is 20.5. The Morgan fingerprint density at radius 2 is 1.82 bits per heavy atom. The fraction of sp³-hybridized carbons (Fsp3) is 0.353. The van der Waals surface area contributed by atoms with Crippen molar-refractivity contribution in [2.24, 2.45) is 5.73 Å². The second-order valence-corrected chi connectivity index (χ2v) is 6.02. The van der Waals surface area contributed by atoms with Crippen molar-refractivity contribution in [1.82, 2.24) is 9.97 Å². The van der Waals surface area contributed by atoms with Crippen LogP contribution in [0.2, 0.25) is 0 Å². The average Bonchev–Trinajstić information content (AvgIpc) is 2.61. The third-order valence-corrected chi connectivity index (χ3v) is 4.18. The SMILES string of the molecule is NC(=O)N(c1nc2c(c(C(F)(F)F)n1)CCCC2)c1ccccc1OC(F)F. The van der Waals surface area contributed by atoms with E-state index in [1.165, 1.54) is 18.2 Å². The van der Waals surface area contributed by atoms with Gasteiger partial charge in [-0.25, -0.2) is 19.7 Å². The molecule has 1 aromatic heterocycles. The molecule has 0 aliphatic heterocycles. The molecular weight excluding hydrogens is 387 g/mol. The topological polar surface area (TPSA) is 81.3 Å². The Balaban J connectivity index is 2.18. The van der Waals surface area contributed by atoms with Gasteiger partial charge in [0.1, 0.15) is 5.75 Å². The van der Waals surface area contributed by atoms with Crippen LogP contribution in [0.4, 0.5) is 38.4 Å². The molecule has 0 radical (unpaired) electrons. The molecule has 11 heteroatoms. The van der Waals surface area contributed by atoms with E-state index in [2.05, 4.69) is 14.7 Å². The van der Waals surface area contributed by atoms with Gasteiger partial charge < -0.3 is 10.5 Å². The van der Waals surface area contributed by atoms with Crippen molar-refractivity contribution in [2.45, 2.75) is 38.5 Å². The van der Waals surface area contributed by atoms with Crippen LogP contribution in [0.5, 0.6) is 5.75 Å². The van der Waals surface area contributed by atoms with Crippen molar-refractivity contribution in [3.8, 4) is 5.75 Å². The van der Waals surface area contributed by atoms with Crippen molar-refractivity contribution in [1.29, 1.82) is 0 Å². The summed E-state index contributed by atoms with van der Waals surface area (Å²) in [4.78, 5) is 20.1. The summed E-state index contributed by atoms with van der Waals surface area (Å²) in [6.07, 6.45) is -3.16. The number of carbonyl (C=O) groups excluding carboxylic acids is 1. The number of rotatable bonds is 4. The minimum atomic E-state index is -4.78. The largest absolute Gasteiger partial charge is 0.433 e. The van der Waals surface area contributed by atoms with Crippen LogP contribution < -0.4 is 15.4 Å². The number of amides is 2. The number of alkyl halides is 5. The van der Waals surface area contributed by atoms with E-state index in [0.717, 1.165) is 6.07 Å². The third-order valence-electron chi connectivity index (χ3n) is 4.18. The van der Waals surface area contributed by atoms with Crippen LogP contribution in [0.1, 0.15) is 29.8 Å². The summed E-state index contributed by atoms with van der Waals surface area (Å²) in [6.45, 7) is -3.22. The van der Waals surface area contributed by atoms with Gasteiger partial charge in [-0.3, -0.25) is 0 Å². The quantitative estimate of drug-likeness (QED) is 0.778. The van der Waals surface area contributed by atoms with E-state index in [0.29, 0.717) is 17.7 Å². The van der Waals surface area contributed by atoms with Crippen LogP contribution >= 0.6 is 0 Å². The Labute approximate surface area is 156 Å². The maximum Gasteiger partial charge on any atom is 0.433 e. The molecule has 1 aliphatic rings. The second-order valence-electron chi connectivity index (χ2n) is 6.02. The number of nitrogens with two attached hydrogens (primary N) is 1. The molecule has 1 aromatic carbocycles. The van der Waals surface area contributed by atoms with Gasteiger partial charge in [-0.05, 0) is 37.8 Å². The molecule has 1 aliphatic carbocycles. The van der Waals surface area contributed by atoms with E-state index < -0.39 is 36.2 Å². The zero-order valence-electron chi connectivity index (χ0n) is 14.3. The van der Waals surface area contributed by atoms with Crippen molar-refractivity contribution >= 4 is 17.7 Å². The van der Waals surface area contributed by atoms with Gasteiger partial charge in [-0.2, -0.15) is 22.0 Å². The molecule has 0 fully saturated rings. The number of aromatic nitrogens is 2. The zero-order valence-corrected chi connectivity index (χ0v) is 14.3. The first-order valence-electron chi connectivity index (χ1n) is 8.29. The first-order valence-corrected chi connectivity index (χ1v) is 8.29. The van der Waals surface area contributed by atoms with Crippen molar-refractivity contribution < 1.29 is 31.5 Å². The monoisotopic (exact) mass is 402 g/mol. The number of benzene rings is 1. The highest BCUT2D eigenvalue weighted by atomic mass is 19.4. The second kappa shape index (κ2) is 7.56. The molecule has 2 amide bonds. The van der Waals surface area contributed by atoms with Gasteiger partial charge in [-0.1, -0.05) is 12.1 Å². The predicted octanol–water partition coefficient (Wildman–Crippen LogP) is 4.19. The number of carbonyl (C=O) groups is 1. The molecule has 6 nitrogen and oxygen atoms in total. The van der Waals surface area contributed by atoms with Crippen molar-refractivity contribution in [3.05, 3.63) is 41.2 Å². The number of para-hydroxylation sites is 2. The number of hydrogen-bond donors (Lipinski definition) is 1. The highest BCUT2D eigenvalue weighted by Crippen LogP contribution is 2.38. The maximum absolute atomic E-state index is 13.5. The predicted molar refractivity (Wildman–Crippen MR) is 88.5 cm³/mol. The van der Waals surface area contributed by atoms with E-state index >= 15 is 0 Å². The van der Waals surface area contributed by atoms with E-state index in [9.17, 15) is 26.7 Å². The highest BCUT2D eigenvalue weighted by Gasteiger charge is 2.39. The van der Waals surface area contributed by atoms with Gasteiger partial charge >= 0.3 is 18.8 Å². The summed E-state index contributed by atoms with van der Waals surface area (Å²) < 4.78 is 70.3. The van der Waals surface area contributed by atoms with Crippen LogP contribution in [-0.2, 0) is 19.0 Å². The lowest BCUT2D eigenvalue weighted by Crippen LogP contribution is -2.34. The Bertz CT molecular complexity index is 888. The van der Waals surface area contributed by atoms with Gasteiger partial charge in [0.15, 0.2) is 5.69 Å². The minimum absolute atomic E-state index is 0.0240. The number of halogens is 5. The maximum atomic E-state index is 13.5. The summed E-state index contributed by atoms with van der Waals surface area (Å²) >= 11 is 0. The molecule has 0 atom stereocenters. The van der Waals surface area contributed by atoms with Gasteiger partial charge in [0.25, 0.3) is 0 Å². The summed E-state index contributed by atoms with van der Waals surface area (Å²) in [6, 6.07) is 3.82. The molecule has 150 valence electrons. The summed E-state index contributed by atoms with van der Waals surface area (Å²) in [5.74, 6) is -1.10. The number of ether oxygens (including phenoxy) is 1. The third kappa shape index (κ3) is 3.97. The fourth-order valence-electron chi connectivity index (χ4n) is 3.08. The molecule has 2 aromatic rings. The average molecular weight is 402 g/mol. The van der Waals surface area contributed by atoms with Gasteiger partial charge in [0.2, 0.25) is 5.95 Å². The van der Waals surface area contributed by atoms with Crippen molar-refractivity contribution in [2.75, 3.05) is 4.90 Å². The van der Waals surface area contributed by atoms with E-state index in [-0.39, 0.29) is 29.8 Å². The van der Waals surface area contributed by atoms with Crippen LogP contribution in [0.3, 0.4) is 0 Å². The van der Waals surface area contributed by atoms with E-state index in [1.807, 2.05) is 0 Å². The number of anilines is 2. The molecule has 2 N–H and O–H groups in total. The molecule has 0 saturated carbocycles. The van der Waals surface area contributed by atoms with Crippen molar-refractivity contribution in [3.63, 3.8) is 0 Å². The first-order chi connectivity index (χ1) is 13.2. The highest BCUT2D eigenvalue weighted by molar-refractivity contribution is 5.98. The molecule has 0 unspecified atom stereocenters. The minimum Gasteiger partial charge on any atom is -0.433 e. The smallest absolute Gasteiger partial charge is 0.433 e. The lowest BCUT2D eigenvalue weighted by Gasteiger charge is -2.25. The molecule has 0 bridgehead atoms. The number of nitrogens with zero attached hydrogens (tertiary/aromatic N) is 3. The lowest BCUT2D eigenvalue weighted by molar-refractivity contribution is -0.142. The summed E-state index contributed by atoms with van der Waals surface area (Å²) in [5, 5.41) is 0. The Kier molecular flexibility index (Phi) is 5.34. The number of aryl methyl sites for hydroxylation is 1. The molecule has 0 spiro atoms. The first kappa shape index (κ1) is 19.8. The van der Waals surface area contributed by atoms with Crippen LogP contribution in [-0.4, -0.2) is 22.6 Å². The molecule has 1 heterocycles. The molecule has 28 heavy (non-hydrogen) atoms. The number of primary amides is 1. The van der Waals surface area contributed by atoms with Gasteiger partial charge in [0.05, 0.1) is 5.69 Å². The standard InChI is InChI=1S/C17H15F5N4O2/c18-14(19)28-12-8-4-3-7-11(12)26(15(23)27)16-24-10-6-2-1-5-9(10)13(25-16)17(20,21)22/h3-4,7-8,14H,1-2,5-6H2,(H2,23,27). The normalized spacial score (nSPS) is 13.9. The number of urea groups is 1. The molecule has 3 rings (SSSR count). The lowest BCUT2D eigenvalue weighted by atomic mass is 9.94. The molecule has 0 saturated heterocycles. The number of fused-ring (bicyclic) bond motifs is 1. The fourth-order valence-corrected chi connectivity index (χ4v) is 3.08. The summed E-state index contributed by atoms with van der Waals surface area (Å²) in [5.41, 5.74) is 4.00. The van der Waals surface area contributed by atoms with E-state index in [4.69, 9.17) is 5.73 Å². The van der Waals surface area contributed by atoms with Crippen LogP contribution in [0.25, 0.3) is 0 Å². The summed E-state index contributed by atoms with van der Waals surface area (Å²) in [7, 11) is 0. The van der Waals surface area contributed by atoms with Crippen LogP contribution in [0, 0.1) is 0 Å². The van der Waals surface area contributed by atoms with Crippen LogP contribution in [0.15, 0.2) is 24.3 Å². The Hall–Kier alpha value is -2.98.